The highest BCUT2D eigenvalue weighted by atomic mass is 19.1. The van der Waals surface area contributed by atoms with Crippen LogP contribution in [-0.4, -0.2) is 17.9 Å². The molecule has 1 heterocycles. The highest BCUT2D eigenvalue weighted by Gasteiger charge is 2.17. The Bertz CT molecular complexity index is 659. The zero-order valence-corrected chi connectivity index (χ0v) is 11.0. The average molecular weight is 277 g/mol. The maximum atomic E-state index is 13.8. The van der Waals surface area contributed by atoms with Crippen molar-refractivity contribution in [2.45, 2.75) is 6.92 Å². The summed E-state index contributed by atoms with van der Waals surface area (Å²) in [4.78, 5) is 16.0. The van der Waals surface area contributed by atoms with Crippen molar-refractivity contribution in [1.82, 2.24) is 4.98 Å². The summed E-state index contributed by atoms with van der Waals surface area (Å²) in [6.07, 6.45) is 2.89. The van der Waals surface area contributed by atoms with E-state index in [0.717, 1.165) is 6.07 Å². The maximum absolute atomic E-state index is 13.8. The lowest BCUT2D eigenvalue weighted by Gasteiger charge is -2.11. The summed E-state index contributed by atoms with van der Waals surface area (Å²) in [5, 5.41) is 5.05. The molecule has 0 saturated carbocycles. The minimum absolute atomic E-state index is 0.253. The van der Waals surface area contributed by atoms with Gasteiger partial charge in [0.05, 0.1) is 17.4 Å². The van der Waals surface area contributed by atoms with E-state index in [0.29, 0.717) is 5.69 Å². The number of hydrogen-bond acceptors (Lipinski definition) is 3. The maximum Gasteiger partial charge on any atom is 0.258 e. The second kappa shape index (κ2) is 5.64. The number of nitrogens with zero attached hydrogens (tertiary/aromatic N) is 1. The standard InChI is InChI=1S/C14H13F2N3O/c1-8-3-4-10(15)13(12(8)16)19-14(20)9-5-6-18-7-11(9)17-2/h3-7,17H,1-2H3,(H,19,20). The molecule has 0 fully saturated rings. The number of benzene rings is 1. The van der Waals surface area contributed by atoms with Gasteiger partial charge >= 0.3 is 0 Å². The average Bonchev–Trinajstić information content (AvgIpc) is 2.47. The van der Waals surface area contributed by atoms with Crippen molar-refractivity contribution >= 4 is 17.3 Å². The largest absolute Gasteiger partial charge is 0.386 e. The summed E-state index contributed by atoms with van der Waals surface area (Å²) >= 11 is 0. The summed E-state index contributed by atoms with van der Waals surface area (Å²) < 4.78 is 27.4. The van der Waals surface area contributed by atoms with Crippen molar-refractivity contribution in [2.75, 3.05) is 17.7 Å². The SMILES string of the molecule is CNc1cnccc1C(=O)Nc1c(F)ccc(C)c1F. The quantitative estimate of drug-likeness (QED) is 0.907. The molecule has 0 aliphatic heterocycles. The Kier molecular flexibility index (Phi) is 3.93. The van der Waals surface area contributed by atoms with Crippen molar-refractivity contribution in [3.05, 3.63) is 53.4 Å². The topological polar surface area (TPSA) is 54.0 Å². The van der Waals surface area contributed by atoms with Crippen LogP contribution in [0.5, 0.6) is 0 Å². The number of amides is 1. The zero-order valence-electron chi connectivity index (χ0n) is 11.0. The number of halogens is 2. The third-order valence-electron chi connectivity index (χ3n) is 2.86. The van der Waals surface area contributed by atoms with Crippen LogP contribution < -0.4 is 10.6 Å². The van der Waals surface area contributed by atoms with Crippen LogP contribution in [0.2, 0.25) is 0 Å². The number of aryl methyl sites for hydroxylation is 1. The van der Waals surface area contributed by atoms with Gasteiger partial charge in [-0.1, -0.05) is 6.07 Å². The third-order valence-corrected chi connectivity index (χ3v) is 2.86. The Labute approximate surface area is 114 Å². The van der Waals surface area contributed by atoms with Gasteiger partial charge in [-0.25, -0.2) is 8.78 Å². The fraction of sp³-hybridized carbons (Fsp3) is 0.143. The fourth-order valence-electron chi connectivity index (χ4n) is 1.74. The van der Waals surface area contributed by atoms with E-state index < -0.39 is 23.2 Å². The van der Waals surface area contributed by atoms with E-state index in [-0.39, 0.29) is 11.1 Å². The van der Waals surface area contributed by atoms with E-state index in [4.69, 9.17) is 0 Å². The van der Waals surface area contributed by atoms with Gasteiger partial charge in [0.25, 0.3) is 5.91 Å². The van der Waals surface area contributed by atoms with Crippen LogP contribution >= 0.6 is 0 Å². The summed E-state index contributed by atoms with van der Waals surface area (Å²) in [5.74, 6) is -2.21. The van der Waals surface area contributed by atoms with E-state index in [1.54, 1.807) is 7.05 Å². The minimum Gasteiger partial charge on any atom is -0.386 e. The van der Waals surface area contributed by atoms with Crippen molar-refractivity contribution in [3.8, 4) is 0 Å². The molecule has 4 nitrogen and oxygen atoms in total. The summed E-state index contributed by atoms with van der Waals surface area (Å²) in [6, 6.07) is 3.89. The Hall–Kier alpha value is -2.50. The van der Waals surface area contributed by atoms with Gasteiger partial charge in [0.2, 0.25) is 0 Å². The number of carbonyl (C=O) groups excluding carboxylic acids is 1. The number of hydrogen-bond donors (Lipinski definition) is 2. The summed E-state index contributed by atoms with van der Waals surface area (Å²) in [5.41, 5.74) is 0.528. The van der Waals surface area contributed by atoms with Crippen LogP contribution in [0.1, 0.15) is 15.9 Å². The molecule has 1 amide bonds. The highest BCUT2D eigenvalue weighted by molar-refractivity contribution is 6.08. The molecule has 6 heteroatoms. The van der Waals surface area contributed by atoms with Gasteiger partial charge in [0, 0.05) is 13.2 Å². The molecule has 2 N–H and O–H groups in total. The van der Waals surface area contributed by atoms with Crippen LogP contribution in [0, 0.1) is 18.6 Å². The first-order valence-electron chi connectivity index (χ1n) is 5.92. The molecular formula is C14H13F2N3O. The predicted molar refractivity (Wildman–Crippen MR) is 72.8 cm³/mol. The highest BCUT2D eigenvalue weighted by Crippen LogP contribution is 2.23. The van der Waals surface area contributed by atoms with Gasteiger partial charge < -0.3 is 10.6 Å². The van der Waals surface area contributed by atoms with Crippen LogP contribution in [-0.2, 0) is 0 Å². The molecule has 0 aliphatic carbocycles. The summed E-state index contributed by atoms with van der Waals surface area (Å²) in [7, 11) is 1.63. The second-order valence-corrected chi connectivity index (χ2v) is 4.18. The molecule has 0 atom stereocenters. The third kappa shape index (κ3) is 2.59. The Morgan fingerprint density at radius 3 is 2.70 bits per heavy atom. The van der Waals surface area contributed by atoms with Crippen molar-refractivity contribution in [1.29, 1.82) is 0 Å². The molecular weight excluding hydrogens is 264 g/mol. The van der Waals surface area contributed by atoms with Gasteiger partial charge in [0.15, 0.2) is 5.82 Å². The lowest BCUT2D eigenvalue weighted by Crippen LogP contribution is -2.16. The molecule has 0 radical (unpaired) electrons. The van der Waals surface area contributed by atoms with Crippen molar-refractivity contribution in [2.24, 2.45) is 0 Å². The van der Waals surface area contributed by atoms with E-state index in [1.165, 1.54) is 31.5 Å². The predicted octanol–water partition coefficient (Wildman–Crippen LogP) is 2.96. The molecule has 2 aromatic rings. The number of aromatic nitrogens is 1. The van der Waals surface area contributed by atoms with Gasteiger partial charge in [-0.05, 0) is 24.6 Å². The lowest BCUT2D eigenvalue weighted by atomic mass is 10.1. The van der Waals surface area contributed by atoms with Crippen LogP contribution in [0.15, 0.2) is 30.6 Å². The Morgan fingerprint density at radius 1 is 1.25 bits per heavy atom. The molecule has 1 aromatic heterocycles. The lowest BCUT2D eigenvalue weighted by molar-refractivity contribution is 0.102. The molecule has 104 valence electrons. The number of pyridine rings is 1. The van der Waals surface area contributed by atoms with Gasteiger partial charge in [0.1, 0.15) is 11.5 Å². The van der Waals surface area contributed by atoms with E-state index in [1.807, 2.05) is 0 Å². The first-order chi connectivity index (χ1) is 9.54. The molecule has 0 spiro atoms. The van der Waals surface area contributed by atoms with Crippen LogP contribution in [0.3, 0.4) is 0 Å². The van der Waals surface area contributed by atoms with Crippen LogP contribution in [0.25, 0.3) is 0 Å². The number of anilines is 2. The van der Waals surface area contributed by atoms with Gasteiger partial charge in [-0.3, -0.25) is 9.78 Å². The van der Waals surface area contributed by atoms with Crippen molar-refractivity contribution < 1.29 is 13.6 Å². The van der Waals surface area contributed by atoms with Crippen LogP contribution in [0.4, 0.5) is 20.2 Å². The smallest absolute Gasteiger partial charge is 0.258 e. The number of carbonyl (C=O) groups is 1. The number of nitrogens with one attached hydrogen (secondary N) is 2. The fourth-order valence-corrected chi connectivity index (χ4v) is 1.74. The molecule has 1 aromatic carbocycles. The van der Waals surface area contributed by atoms with E-state index in [2.05, 4.69) is 15.6 Å². The van der Waals surface area contributed by atoms with Gasteiger partial charge in [-0.2, -0.15) is 0 Å². The minimum atomic E-state index is -0.818. The Balaban J connectivity index is 2.35. The monoisotopic (exact) mass is 277 g/mol. The normalized spacial score (nSPS) is 10.2. The molecule has 20 heavy (non-hydrogen) atoms. The first kappa shape index (κ1) is 13.9. The second-order valence-electron chi connectivity index (χ2n) is 4.18. The molecule has 0 bridgehead atoms. The number of rotatable bonds is 3. The van der Waals surface area contributed by atoms with E-state index >= 15 is 0 Å². The molecule has 0 unspecified atom stereocenters. The zero-order chi connectivity index (χ0) is 14.7. The molecule has 0 saturated heterocycles. The van der Waals surface area contributed by atoms with E-state index in [9.17, 15) is 13.6 Å². The van der Waals surface area contributed by atoms with Gasteiger partial charge in [-0.15, -0.1) is 0 Å². The molecule has 0 aliphatic rings. The molecule has 2 rings (SSSR count). The first-order valence-corrected chi connectivity index (χ1v) is 5.92. The summed E-state index contributed by atoms with van der Waals surface area (Å²) in [6.45, 7) is 1.50. The Morgan fingerprint density at radius 2 is 2.00 bits per heavy atom. The van der Waals surface area contributed by atoms with Crippen molar-refractivity contribution in [3.63, 3.8) is 0 Å².